The van der Waals surface area contributed by atoms with E-state index in [1.165, 1.54) is 18.0 Å². The highest BCUT2D eigenvalue weighted by atomic mass is 16.6. The van der Waals surface area contributed by atoms with Crippen molar-refractivity contribution in [2.24, 2.45) is 5.73 Å². The Kier molecular flexibility index (Phi) is 4.53. The van der Waals surface area contributed by atoms with Crippen molar-refractivity contribution in [1.29, 1.82) is 0 Å². The average molecular weight is 300 g/mol. The first-order valence-corrected chi connectivity index (χ1v) is 6.08. The van der Waals surface area contributed by atoms with Crippen LogP contribution in [0.25, 0.3) is 0 Å². The van der Waals surface area contributed by atoms with Gasteiger partial charge >= 0.3 is 0 Å². The van der Waals surface area contributed by atoms with Gasteiger partial charge in [0.25, 0.3) is 5.91 Å². The number of aliphatic hydroxyl groups is 2. The van der Waals surface area contributed by atoms with Crippen LogP contribution in [-0.4, -0.2) is 64.1 Å². The van der Waals surface area contributed by atoms with Crippen LogP contribution in [0.4, 0.5) is 5.82 Å². The first kappa shape index (κ1) is 15.4. The molecule has 1 aliphatic rings. The van der Waals surface area contributed by atoms with Crippen molar-refractivity contribution in [1.82, 2.24) is 9.55 Å². The monoisotopic (exact) mass is 300 g/mol. The number of hydrogen-bond acceptors (Lipinski definition) is 7. The Morgan fingerprint density at radius 1 is 1.62 bits per heavy atom. The van der Waals surface area contributed by atoms with Crippen molar-refractivity contribution in [3.05, 3.63) is 12.0 Å². The molecule has 5 N–H and O–H groups in total. The van der Waals surface area contributed by atoms with Crippen molar-refractivity contribution < 1.29 is 29.3 Å². The first-order valence-electron chi connectivity index (χ1n) is 6.08. The van der Waals surface area contributed by atoms with E-state index in [4.69, 9.17) is 15.2 Å². The third-order valence-corrected chi connectivity index (χ3v) is 3.17. The fourth-order valence-corrected chi connectivity index (χ4v) is 2.19. The fourth-order valence-electron chi connectivity index (χ4n) is 2.19. The van der Waals surface area contributed by atoms with E-state index < -0.39 is 30.4 Å². The zero-order valence-corrected chi connectivity index (χ0v) is 11.2. The molecule has 0 bridgehead atoms. The lowest BCUT2D eigenvalue weighted by molar-refractivity contribution is -0.105. The Labute approximate surface area is 119 Å². The van der Waals surface area contributed by atoms with Crippen LogP contribution in [0, 0.1) is 0 Å². The van der Waals surface area contributed by atoms with Crippen molar-refractivity contribution in [3.63, 3.8) is 0 Å². The van der Waals surface area contributed by atoms with E-state index in [1.54, 1.807) is 0 Å². The molecule has 0 aliphatic carbocycles. The summed E-state index contributed by atoms with van der Waals surface area (Å²) in [6, 6.07) is 0. The van der Waals surface area contributed by atoms with E-state index in [0.29, 0.717) is 6.41 Å². The first-order chi connectivity index (χ1) is 10.0. The molecule has 1 aliphatic heterocycles. The van der Waals surface area contributed by atoms with Gasteiger partial charge in [-0.1, -0.05) is 0 Å². The minimum atomic E-state index is -1.28. The molecule has 2 heterocycles. The summed E-state index contributed by atoms with van der Waals surface area (Å²) < 4.78 is 11.6. The summed E-state index contributed by atoms with van der Waals surface area (Å²) in [5, 5.41) is 22.2. The number of nitrogens with zero attached hydrogens (tertiary/aromatic N) is 2. The van der Waals surface area contributed by atoms with Gasteiger partial charge in [-0.2, -0.15) is 0 Å². The molecule has 1 aromatic rings. The molecule has 2 amide bonds. The summed E-state index contributed by atoms with van der Waals surface area (Å²) in [6.07, 6.45) is -2.74. The third kappa shape index (κ3) is 2.74. The van der Waals surface area contributed by atoms with Crippen LogP contribution in [0.1, 0.15) is 16.7 Å². The molecule has 2 rings (SSSR count). The van der Waals surface area contributed by atoms with Gasteiger partial charge in [-0.25, -0.2) is 4.98 Å². The van der Waals surface area contributed by atoms with Gasteiger partial charge in [-0.05, 0) is 0 Å². The summed E-state index contributed by atoms with van der Waals surface area (Å²) >= 11 is 0. The van der Waals surface area contributed by atoms with Crippen LogP contribution < -0.4 is 11.1 Å². The second kappa shape index (κ2) is 6.18. The number of ether oxygens (including phenoxy) is 2. The van der Waals surface area contributed by atoms with Crippen LogP contribution in [-0.2, 0) is 14.3 Å². The number of nitrogens with one attached hydrogen (secondary N) is 1. The highest BCUT2D eigenvalue weighted by Gasteiger charge is 2.44. The maximum atomic E-state index is 11.3. The number of carbonyl (C=O) groups is 2. The van der Waals surface area contributed by atoms with Gasteiger partial charge in [0.05, 0.1) is 12.9 Å². The van der Waals surface area contributed by atoms with Gasteiger partial charge in [0.15, 0.2) is 11.9 Å². The Balaban J connectivity index is 2.33. The average Bonchev–Trinajstić information content (AvgIpc) is 2.96. The highest BCUT2D eigenvalue weighted by molar-refractivity contribution is 5.97. The largest absolute Gasteiger partial charge is 0.387 e. The number of nitrogens with two attached hydrogens (primary N) is 1. The predicted octanol–water partition coefficient (Wildman–Crippen LogP) is -2.18. The van der Waals surface area contributed by atoms with E-state index in [-0.39, 0.29) is 18.1 Å². The number of hydrogen-bond donors (Lipinski definition) is 4. The van der Waals surface area contributed by atoms with Crippen LogP contribution in [0.5, 0.6) is 0 Å². The molecule has 0 spiro atoms. The van der Waals surface area contributed by atoms with Gasteiger partial charge in [0, 0.05) is 7.11 Å². The lowest BCUT2D eigenvalue weighted by atomic mass is 10.1. The van der Waals surface area contributed by atoms with Crippen LogP contribution in [0.15, 0.2) is 6.33 Å². The van der Waals surface area contributed by atoms with Gasteiger partial charge in [-0.3, -0.25) is 14.2 Å². The minimum Gasteiger partial charge on any atom is -0.387 e. The molecule has 0 aromatic carbocycles. The topological polar surface area (TPSA) is 149 Å². The van der Waals surface area contributed by atoms with Crippen molar-refractivity contribution in [2.45, 2.75) is 24.5 Å². The van der Waals surface area contributed by atoms with Crippen LogP contribution in [0.3, 0.4) is 0 Å². The molecule has 1 saturated heterocycles. The van der Waals surface area contributed by atoms with E-state index in [1.807, 2.05) is 0 Å². The molecule has 0 radical (unpaired) electrons. The summed E-state index contributed by atoms with van der Waals surface area (Å²) in [5.74, 6) is -0.869. The number of methoxy groups -OCH3 is 1. The van der Waals surface area contributed by atoms with Gasteiger partial charge in [0.1, 0.15) is 24.1 Å². The normalized spacial score (nSPS) is 28.5. The van der Waals surface area contributed by atoms with Crippen LogP contribution >= 0.6 is 0 Å². The summed E-state index contributed by atoms with van der Waals surface area (Å²) in [5.41, 5.74) is 4.97. The van der Waals surface area contributed by atoms with E-state index in [9.17, 15) is 19.8 Å². The number of aromatic nitrogens is 2. The zero-order valence-electron chi connectivity index (χ0n) is 11.2. The molecule has 10 heteroatoms. The lowest BCUT2D eigenvalue weighted by Gasteiger charge is -2.18. The Morgan fingerprint density at radius 3 is 2.90 bits per heavy atom. The Bertz CT molecular complexity index is 533. The van der Waals surface area contributed by atoms with Crippen molar-refractivity contribution in [2.75, 3.05) is 19.0 Å². The van der Waals surface area contributed by atoms with Crippen LogP contribution in [0.2, 0.25) is 0 Å². The summed E-state index contributed by atoms with van der Waals surface area (Å²) in [4.78, 5) is 25.7. The molecular weight excluding hydrogens is 284 g/mol. The molecule has 0 saturated carbocycles. The number of carbonyl (C=O) groups excluding carboxylic acids is 2. The minimum absolute atomic E-state index is 0.0215. The number of amides is 2. The standard InChI is InChI=1S/C11H16N4O6/c1-20-2-5-7(17)8(18)11(21-5)15-3-13-6(9(12)19)10(15)14-4-16/h3-5,7-8,11,17-18H,2H2,1H3,(H2,12,19)(H,14,16)/t5-,7?,8+,11-/m1/s1. The molecule has 4 atom stereocenters. The maximum Gasteiger partial charge on any atom is 0.271 e. The zero-order chi connectivity index (χ0) is 15.6. The van der Waals surface area contributed by atoms with Crippen molar-refractivity contribution in [3.8, 4) is 0 Å². The summed E-state index contributed by atoms with van der Waals surface area (Å²) in [6.45, 7) is 0.0720. The Morgan fingerprint density at radius 2 is 2.33 bits per heavy atom. The quantitative estimate of drug-likeness (QED) is 0.436. The number of imidazole rings is 1. The summed E-state index contributed by atoms with van der Waals surface area (Å²) in [7, 11) is 1.43. The van der Waals surface area contributed by atoms with E-state index >= 15 is 0 Å². The fraction of sp³-hybridized carbons (Fsp3) is 0.545. The second-order valence-corrected chi connectivity index (χ2v) is 4.48. The lowest BCUT2D eigenvalue weighted by Crippen LogP contribution is -2.33. The second-order valence-electron chi connectivity index (χ2n) is 4.48. The molecular formula is C11H16N4O6. The Hall–Kier alpha value is -2.01. The maximum absolute atomic E-state index is 11.3. The van der Waals surface area contributed by atoms with E-state index in [2.05, 4.69) is 10.3 Å². The van der Waals surface area contributed by atoms with Gasteiger partial charge in [-0.15, -0.1) is 0 Å². The van der Waals surface area contributed by atoms with E-state index in [0.717, 1.165) is 0 Å². The van der Waals surface area contributed by atoms with Gasteiger partial charge < -0.3 is 30.7 Å². The molecule has 116 valence electrons. The number of primary amides is 1. The highest BCUT2D eigenvalue weighted by Crippen LogP contribution is 2.32. The number of anilines is 1. The van der Waals surface area contributed by atoms with Gasteiger partial charge in [0.2, 0.25) is 6.41 Å². The number of rotatable bonds is 6. The number of aliphatic hydroxyl groups excluding tert-OH is 2. The smallest absolute Gasteiger partial charge is 0.271 e. The third-order valence-electron chi connectivity index (χ3n) is 3.17. The molecule has 1 aromatic heterocycles. The predicted molar refractivity (Wildman–Crippen MR) is 68.2 cm³/mol. The molecule has 1 fully saturated rings. The SMILES string of the molecule is COC[C@H]1O[C@@H](n2cnc(C(N)=O)c2NC=O)[C@@H](O)C1O. The van der Waals surface area contributed by atoms with Crippen molar-refractivity contribution >= 4 is 18.1 Å². The molecule has 10 nitrogen and oxygen atoms in total. The molecule has 1 unspecified atom stereocenters. The molecule has 21 heavy (non-hydrogen) atoms.